The molecule has 2 unspecified atom stereocenters. The summed E-state index contributed by atoms with van der Waals surface area (Å²) in [4.78, 5) is 2.39. The minimum atomic E-state index is -4.44. The van der Waals surface area contributed by atoms with Gasteiger partial charge in [-0.05, 0) is 43.2 Å². The van der Waals surface area contributed by atoms with Gasteiger partial charge in [0, 0.05) is 37.7 Å². The molecule has 1 aliphatic heterocycles. The number of hydrogen-bond donors (Lipinski definition) is 0. The van der Waals surface area contributed by atoms with Crippen molar-refractivity contribution in [3.63, 3.8) is 0 Å². The third kappa shape index (κ3) is 4.51. The van der Waals surface area contributed by atoms with Crippen LogP contribution in [0, 0.1) is 11.8 Å². The van der Waals surface area contributed by atoms with E-state index in [-0.39, 0.29) is 18.6 Å². The van der Waals surface area contributed by atoms with Crippen molar-refractivity contribution in [1.82, 2.24) is 0 Å². The fourth-order valence-corrected chi connectivity index (χ4v) is 4.59. The van der Waals surface area contributed by atoms with E-state index in [1.54, 1.807) is 0 Å². The van der Waals surface area contributed by atoms with E-state index in [0.29, 0.717) is 17.6 Å². The van der Waals surface area contributed by atoms with Crippen LogP contribution in [0.5, 0.6) is 11.5 Å². The fourth-order valence-electron chi connectivity index (χ4n) is 4.59. The highest BCUT2D eigenvalue weighted by atomic mass is 19.4. The summed E-state index contributed by atoms with van der Waals surface area (Å²) in [5, 5.41) is 0. The molecule has 30 heavy (non-hydrogen) atoms. The van der Waals surface area contributed by atoms with Crippen LogP contribution < -0.4 is 14.4 Å². The lowest BCUT2D eigenvalue weighted by atomic mass is 9.75. The zero-order valence-electron chi connectivity index (χ0n) is 16.9. The number of hydrogen-bond acceptors (Lipinski definition) is 4. The van der Waals surface area contributed by atoms with E-state index in [2.05, 4.69) is 17.0 Å². The second kappa shape index (κ2) is 8.76. The molecule has 1 saturated carbocycles. The molecule has 4 nitrogen and oxygen atoms in total. The molecule has 2 bridgehead atoms. The van der Waals surface area contributed by atoms with Crippen LogP contribution in [-0.2, 0) is 10.9 Å². The number of para-hydroxylation sites is 1. The Morgan fingerprint density at radius 1 is 0.967 bits per heavy atom. The van der Waals surface area contributed by atoms with Gasteiger partial charge in [-0.1, -0.05) is 24.6 Å². The summed E-state index contributed by atoms with van der Waals surface area (Å²) in [7, 11) is 1.43. The number of benzene rings is 2. The number of halogens is 3. The van der Waals surface area contributed by atoms with E-state index in [1.165, 1.54) is 18.9 Å². The molecule has 2 atom stereocenters. The molecule has 4 rings (SSSR count). The van der Waals surface area contributed by atoms with Gasteiger partial charge >= 0.3 is 6.18 Å². The predicted molar refractivity (Wildman–Crippen MR) is 108 cm³/mol. The Balaban J connectivity index is 1.55. The molecule has 2 fully saturated rings. The molecular formula is C23H26F3NO3. The van der Waals surface area contributed by atoms with E-state index in [1.807, 2.05) is 18.2 Å². The summed E-state index contributed by atoms with van der Waals surface area (Å²) in [5.74, 6) is 1.04. The van der Waals surface area contributed by atoms with Crippen LogP contribution in [0.1, 0.15) is 24.8 Å². The molecule has 0 spiro atoms. The van der Waals surface area contributed by atoms with Crippen molar-refractivity contribution >= 4 is 5.69 Å². The number of ether oxygens (including phenoxy) is 3. The third-order valence-corrected chi connectivity index (χ3v) is 5.98. The van der Waals surface area contributed by atoms with E-state index in [0.717, 1.165) is 44.5 Å². The standard InChI is InChI=1S/C23H26F3NO3/c1-28-15-29-21-12-18(23(24,25)26)10-11-20(21)30-22-16-6-5-7-17(22)14-27(13-16)19-8-3-2-4-9-19/h2-4,8-12,16-17,22H,5-7,13-15H2,1H3. The maximum absolute atomic E-state index is 13.1. The van der Waals surface area contributed by atoms with Crippen LogP contribution in [0.2, 0.25) is 0 Å². The fraction of sp³-hybridized carbons (Fsp3) is 0.478. The van der Waals surface area contributed by atoms with Crippen LogP contribution in [0.4, 0.5) is 18.9 Å². The highest BCUT2D eigenvalue weighted by Crippen LogP contribution is 2.42. The number of rotatable bonds is 6. The van der Waals surface area contributed by atoms with E-state index in [4.69, 9.17) is 14.2 Å². The van der Waals surface area contributed by atoms with Crippen molar-refractivity contribution in [2.75, 3.05) is 31.9 Å². The lowest BCUT2D eigenvalue weighted by Gasteiger charge is -2.47. The Bertz CT molecular complexity index is 829. The zero-order chi connectivity index (χ0) is 21.1. The summed E-state index contributed by atoms with van der Waals surface area (Å²) in [6.07, 6.45) is -1.25. The zero-order valence-corrected chi connectivity index (χ0v) is 16.9. The molecule has 0 radical (unpaired) electrons. The van der Waals surface area contributed by atoms with Crippen LogP contribution in [0.3, 0.4) is 0 Å². The molecule has 0 aromatic heterocycles. The normalized spacial score (nSPS) is 23.9. The molecule has 1 heterocycles. The van der Waals surface area contributed by atoms with E-state index < -0.39 is 11.7 Å². The minimum Gasteiger partial charge on any atom is -0.486 e. The topological polar surface area (TPSA) is 30.9 Å². The summed E-state index contributed by atoms with van der Waals surface area (Å²) in [5.41, 5.74) is 0.437. The SMILES string of the molecule is COCOc1cc(C(F)(F)F)ccc1OC1C2CCCC1CN(c1ccccc1)C2. The van der Waals surface area contributed by atoms with Gasteiger partial charge in [-0.3, -0.25) is 0 Å². The Labute approximate surface area is 174 Å². The number of nitrogens with zero attached hydrogens (tertiary/aromatic N) is 1. The number of anilines is 1. The highest BCUT2D eigenvalue weighted by Gasteiger charge is 2.42. The molecule has 2 aromatic rings. The van der Waals surface area contributed by atoms with Gasteiger partial charge in [-0.15, -0.1) is 0 Å². The van der Waals surface area contributed by atoms with Crippen LogP contribution >= 0.6 is 0 Å². The van der Waals surface area contributed by atoms with Gasteiger partial charge in [0.2, 0.25) is 0 Å². The second-order valence-corrected chi connectivity index (χ2v) is 7.98. The van der Waals surface area contributed by atoms with Crippen LogP contribution in [0.25, 0.3) is 0 Å². The molecule has 2 aromatic carbocycles. The average Bonchev–Trinajstić information content (AvgIpc) is 2.72. The van der Waals surface area contributed by atoms with E-state index in [9.17, 15) is 13.2 Å². The highest BCUT2D eigenvalue weighted by molar-refractivity contribution is 5.47. The summed E-state index contributed by atoms with van der Waals surface area (Å²) in [6, 6.07) is 13.7. The van der Waals surface area contributed by atoms with Crippen LogP contribution in [-0.4, -0.2) is 33.1 Å². The first kappa shape index (κ1) is 20.8. The molecule has 0 N–H and O–H groups in total. The molecule has 1 saturated heterocycles. The first-order valence-electron chi connectivity index (χ1n) is 10.3. The number of alkyl halides is 3. The summed E-state index contributed by atoms with van der Waals surface area (Å²) in [6.45, 7) is 1.61. The Morgan fingerprint density at radius 2 is 1.67 bits per heavy atom. The van der Waals surface area contributed by atoms with E-state index >= 15 is 0 Å². The largest absolute Gasteiger partial charge is 0.486 e. The first-order chi connectivity index (χ1) is 14.5. The summed E-state index contributed by atoms with van der Waals surface area (Å²) < 4.78 is 56.1. The Morgan fingerprint density at radius 3 is 2.30 bits per heavy atom. The predicted octanol–water partition coefficient (Wildman–Crippen LogP) is 5.37. The van der Waals surface area contributed by atoms with Crippen molar-refractivity contribution < 1.29 is 27.4 Å². The lowest BCUT2D eigenvalue weighted by molar-refractivity contribution is -0.137. The third-order valence-electron chi connectivity index (χ3n) is 5.98. The van der Waals surface area contributed by atoms with Crippen LogP contribution in [0.15, 0.2) is 48.5 Å². The maximum Gasteiger partial charge on any atom is 0.416 e. The van der Waals surface area contributed by atoms with Gasteiger partial charge in [-0.25, -0.2) is 0 Å². The van der Waals surface area contributed by atoms with Crippen molar-refractivity contribution in [3.8, 4) is 11.5 Å². The lowest BCUT2D eigenvalue weighted by Crippen LogP contribution is -2.53. The van der Waals surface area contributed by atoms with Gasteiger partial charge in [0.1, 0.15) is 6.10 Å². The molecule has 0 amide bonds. The van der Waals surface area contributed by atoms with Gasteiger partial charge < -0.3 is 19.1 Å². The Kier molecular flexibility index (Phi) is 6.09. The summed E-state index contributed by atoms with van der Waals surface area (Å²) >= 11 is 0. The van der Waals surface area contributed by atoms with Crippen molar-refractivity contribution in [2.24, 2.45) is 11.8 Å². The van der Waals surface area contributed by atoms with Gasteiger partial charge in [0.05, 0.1) is 5.56 Å². The second-order valence-electron chi connectivity index (χ2n) is 7.98. The minimum absolute atomic E-state index is 0.0413. The number of piperidine rings is 1. The van der Waals surface area contributed by atoms with Gasteiger partial charge in [-0.2, -0.15) is 13.2 Å². The quantitative estimate of drug-likeness (QED) is 0.587. The van der Waals surface area contributed by atoms with Crippen molar-refractivity contribution in [2.45, 2.75) is 31.5 Å². The Hall–Kier alpha value is -2.41. The molecule has 1 aliphatic carbocycles. The molecule has 7 heteroatoms. The van der Waals surface area contributed by atoms with Crippen molar-refractivity contribution in [1.29, 1.82) is 0 Å². The molecule has 162 valence electrons. The number of fused-ring (bicyclic) bond motifs is 2. The first-order valence-corrected chi connectivity index (χ1v) is 10.3. The van der Waals surface area contributed by atoms with Gasteiger partial charge in [0.15, 0.2) is 18.3 Å². The monoisotopic (exact) mass is 421 g/mol. The average molecular weight is 421 g/mol. The molecular weight excluding hydrogens is 395 g/mol. The smallest absolute Gasteiger partial charge is 0.416 e. The molecule has 2 aliphatic rings. The van der Waals surface area contributed by atoms with Crippen molar-refractivity contribution in [3.05, 3.63) is 54.1 Å². The van der Waals surface area contributed by atoms with Gasteiger partial charge in [0.25, 0.3) is 0 Å². The number of methoxy groups -OCH3 is 1. The maximum atomic E-state index is 13.1.